The molecule has 0 fully saturated rings. The summed E-state index contributed by atoms with van der Waals surface area (Å²) in [6.07, 6.45) is 0. The van der Waals surface area contributed by atoms with E-state index in [-0.39, 0.29) is 5.91 Å². The molecule has 1 amide bonds. The molecule has 2 aromatic rings. The fourth-order valence-corrected chi connectivity index (χ4v) is 2.02. The highest BCUT2D eigenvalue weighted by atomic mass is 35.5. The van der Waals surface area contributed by atoms with Crippen LogP contribution in [0.15, 0.2) is 30.3 Å². The molecule has 2 rings (SSSR count). The summed E-state index contributed by atoms with van der Waals surface area (Å²) in [5, 5.41) is 7.76. The highest BCUT2D eigenvalue weighted by molar-refractivity contribution is 6.31. The number of amides is 1. The first-order valence-electron chi connectivity index (χ1n) is 6.08. The van der Waals surface area contributed by atoms with Gasteiger partial charge in [-0.25, -0.2) is 0 Å². The van der Waals surface area contributed by atoms with Crippen LogP contribution < -0.4 is 5.32 Å². The van der Waals surface area contributed by atoms with Gasteiger partial charge in [0.1, 0.15) is 6.04 Å². The number of halogens is 1. The van der Waals surface area contributed by atoms with Crippen LogP contribution in [0.5, 0.6) is 0 Å². The number of aryl methyl sites for hydroxylation is 1. The van der Waals surface area contributed by atoms with Gasteiger partial charge in [0.25, 0.3) is 0 Å². The fourth-order valence-electron chi connectivity index (χ4n) is 1.90. The van der Waals surface area contributed by atoms with Crippen molar-refractivity contribution in [2.45, 2.75) is 26.8 Å². The van der Waals surface area contributed by atoms with E-state index in [1.54, 1.807) is 11.6 Å². The molecule has 19 heavy (non-hydrogen) atoms. The van der Waals surface area contributed by atoms with Gasteiger partial charge in [-0.2, -0.15) is 5.10 Å². The van der Waals surface area contributed by atoms with Crippen LogP contribution in [-0.4, -0.2) is 15.7 Å². The van der Waals surface area contributed by atoms with Gasteiger partial charge in [-0.15, -0.1) is 0 Å². The van der Waals surface area contributed by atoms with Crippen LogP contribution in [0.2, 0.25) is 5.02 Å². The molecule has 0 aliphatic rings. The Balaban J connectivity index is 2.17. The average molecular weight is 278 g/mol. The van der Waals surface area contributed by atoms with Crippen molar-refractivity contribution in [1.82, 2.24) is 9.78 Å². The summed E-state index contributed by atoms with van der Waals surface area (Å²) >= 11 is 6.09. The van der Waals surface area contributed by atoms with Gasteiger partial charge in [0.2, 0.25) is 5.91 Å². The molecule has 1 aromatic carbocycles. The lowest BCUT2D eigenvalue weighted by Crippen LogP contribution is -2.25. The number of aromatic nitrogens is 2. The quantitative estimate of drug-likeness (QED) is 0.935. The fraction of sp³-hybridized carbons (Fsp3) is 0.286. The van der Waals surface area contributed by atoms with Crippen LogP contribution in [0.3, 0.4) is 0 Å². The molecule has 0 aliphatic carbocycles. The van der Waals surface area contributed by atoms with Crippen LogP contribution in [0, 0.1) is 13.8 Å². The van der Waals surface area contributed by atoms with E-state index in [1.807, 2.05) is 44.2 Å². The van der Waals surface area contributed by atoms with Gasteiger partial charge in [-0.1, -0.05) is 29.8 Å². The lowest BCUT2D eigenvalue weighted by atomic mass is 10.2. The molecule has 0 spiro atoms. The summed E-state index contributed by atoms with van der Waals surface area (Å²) < 4.78 is 1.65. The van der Waals surface area contributed by atoms with Crippen LogP contribution in [-0.2, 0) is 4.79 Å². The largest absolute Gasteiger partial charge is 0.324 e. The Morgan fingerprint density at radius 2 is 1.95 bits per heavy atom. The number of hydrogen-bond donors (Lipinski definition) is 1. The SMILES string of the molecule is Cc1nn(C(C)C(=O)Nc2ccccc2)c(C)c1Cl. The maximum absolute atomic E-state index is 12.2. The highest BCUT2D eigenvalue weighted by Gasteiger charge is 2.20. The lowest BCUT2D eigenvalue weighted by Gasteiger charge is -2.14. The van der Waals surface area contributed by atoms with E-state index in [2.05, 4.69) is 10.4 Å². The third-order valence-corrected chi connectivity index (χ3v) is 3.57. The van der Waals surface area contributed by atoms with Crippen molar-refractivity contribution in [3.05, 3.63) is 46.7 Å². The van der Waals surface area contributed by atoms with Crippen molar-refractivity contribution in [2.24, 2.45) is 0 Å². The van der Waals surface area contributed by atoms with Gasteiger partial charge in [0.05, 0.1) is 16.4 Å². The second-order valence-corrected chi connectivity index (χ2v) is 4.84. The molecular weight excluding hydrogens is 262 g/mol. The predicted molar refractivity (Wildman–Crippen MR) is 76.5 cm³/mol. The Morgan fingerprint density at radius 1 is 1.32 bits per heavy atom. The Labute approximate surface area is 117 Å². The van der Waals surface area contributed by atoms with E-state index in [0.29, 0.717) is 5.02 Å². The minimum atomic E-state index is -0.411. The zero-order valence-corrected chi connectivity index (χ0v) is 11.9. The van der Waals surface area contributed by atoms with Crippen LogP contribution in [0.1, 0.15) is 24.4 Å². The zero-order chi connectivity index (χ0) is 14.0. The van der Waals surface area contributed by atoms with E-state index in [1.165, 1.54) is 0 Å². The second kappa shape index (κ2) is 5.45. The first-order valence-corrected chi connectivity index (χ1v) is 6.45. The van der Waals surface area contributed by atoms with Crippen LogP contribution in [0.25, 0.3) is 0 Å². The van der Waals surface area contributed by atoms with Crippen molar-refractivity contribution in [1.29, 1.82) is 0 Å². The Morgan fingerprint density at radius 3 is 2.47 bits per heavy atom. The summed E-state index contributed by atoms with van der Waals surface area (Å²) in [4.78, 5) is 12.2. The maximum Gasteiger partial charge on any atom is 0.248 e. The number of carbonyl (C=O) groups is 1. The van der Waals surface area contributed by atoms with E-state index < -0.39 is 6.04 Å². The van der Waals surface area contributed by atoms with Gasteiger partial charge in [0, 0.05) is 5.69 Å². The molecule has 1 heterocycles. The molecule has 0 bridgehead atoms. The minimum absolute atomic E-state index is 0.117. The second-order valence-electron chi connectivity index (χ2n) is 4.46. The minimum Gasteiger partial charge on any atom is -0.324 e. The molecule has 1 aromatic heterocycles. The number of rotatable bonds is 3. The molecule has 0 radical (unpaired) electrons. The van der Waals surface area contributed by atoms with E-state index in [9.17, 15) is 4.79 Å². The molecule has 0 saturated heterocycles. The highest BCUT2D eigenvalue weighted by Crippen LogP contribution is 2.22. The summed E-state index contributed by atoms with van der Waals surface area (Å²) in [5.41, 5.74) is 2.31. The van der Waals surface area contributed by atoms with Crippen LogP contribution >= 0.6 is 11.6 Å². The van der Waals surface area contributed by atoms with Gasteiger partial charge in [-0.3, -0.25) is 9.48 Å². The van der Waals surface area contributed by atoms with E-state index >= 15 is 0 Å². The maximum atomic E-state index is 12.2. The molecular formula is C14H16ClN3O. The lowest BCUT2D eigenvalue weighted by molar-refractivity contribution is -0.119. The van der Waals surface area contributed by atoms with Crippen molar-refractivity contribution < 1.29 is 4.79 Å². The predicted octanol–water partition coefficient (Wildman–Crippen LogP) is 3.35. The number of nitrogens with one attached hydrogen (secondary N) is 1. The summed E-state index contributed by atoms with van der Waals surface area (Å²) in [7, 11) is 0. The summed E-state index contributed by atoms with van der Waals surface area (Å²) in [6, 6.07) is 8.93. The zero-order valence-electron chi connectivity index (χ0n) is 11.1. The molecule has 1 unspecified atom stereocenters. The molecule has 5 heteroatoms. The van der Waals surface area contributed by atoms with E-state index in [4.69, 9.17) is 11.6 Å². The Bertz CT molecular complexity index is 592. The van der Waals surface area contributed by atoms with Crippen molar-refractivity contribution >= 4 is 23.2 Å². The molecule has 0 saturated carbocycles. The molecule has 0 aliphatic heterocycles. The average Bonchev–Trinajstić information content (AvgIpc) is 2.67. The van der Waals surface area contributed by atoms with E-state index in [0.717, 1.165) is 17.1 Å². The number of anilines is 1. The molecule has 1 atom stereocenters. The third kappa shape index (κ3) is 2.79. The topological polar surface area (TPSA) is 46.9 Å². The monoisotopic (exact) mass is 277 g/mol. The summed E-state index contributed by atoms with van der Waals surface area (Å²) in [5.74, 6) is -0.117. The van der Waals surface area contributed by atoms with Crippen LogP contribution in [0.4, 0.5) is 5.69 Å². The first-order chi connectivity index (χ1) is 9.00. The summed E-state index contributed by atoms with van der Waals surface area (Å²) in [6.45, 7) is 5.48. The number of para-hydroxylation sites is 1. The Hall–Kier alpha value is -1.81. The third-order valence-electron chi connectivity index (χ3n) is 3.02. The number of benzene rings is 1. The first kappa shape index (κ1) is 13.6. The van der Waals surface area contributed by atoms with Crippen molar-refractivity contribution in [2.75, 3.05) is 5.32 Å². The normalized spacial score (nSPS) is 12.2. The van der Waals surface area contributed by atoms with Gasteiger partial charge in [-0.05, 0) is 32.9 Å². The smallest absolute Gasteiger partial charge is 0.248 e. The number of nitrogens with zero attached hydrogens (tertiary/aromatic N) is 2. The Kier molecular flexibility index (Phi) is 3.90. The van der Waals surface area contributed by atoms with Gasteiger partial charge in [0.15, 0.2) is 0 Å². The number of carbonyl (C=O) groups excluding carboxylic acids is 1. The van der Waals surface area contributed by atoms with Gasteiger partial charge >= 0.3 is 0 Å². The van der Waals surface area contributed by atoms with Crippen molar-refractivity contribution in [3.63, 3.8) is 0 Å². The molecule has 1 N–H and O–H groups in total. The molecule has 4 nitrogen and oxygen atoms in total. The molecule has 100 valence electrons. The van der Waals surface area contributed by atoms with Crippen molar-refractivity contribution in [3.8, 4) is 0 Å². The van der Waals surface area contributed by atoms with Gasteiger partial charge < -0.3 is 5.32 Å². The standard InChI is InChI=1S/C14H16ClN3O/c1-9-13(15)10(2)18(17-9)11(3)14(19)16-12-7-5-4-6-8-12/h4-8,11H,1-3H3,(H,16,19). The number of hydrogen-bond acceptors (Lipinski definition) is 2.